The van der Waals surface area contributed by atoms with E-state index in [1.807, 2.05) is 54.5 Å². The molecule has 1 aliphatic heterocycles. The number of hydrogen-bond acceptors (Lipinski definition) is 6. The van der Waals surface area contributed by atoms with Gasteiger partial charge in [-0.3, -0.25) is 4.79 Å². The summed E-state index contributed by atoms with van der Waals surface area (Å²) in [7, 11) is 0. The Hall–Kier alpha value is -2.51. The van der Waals surface area contributed by atoms with Gasteiger partial charge < -0.3 is 15.0 Å². The number of amides is 1. The van der Waals surface area contributed by atoms with Gasteiger partial charge in [-0.15, -0.1) is 11.3 Å². The minimum atomic E-state index is 0.0623. The van der Waals surface area contributed by atoms with E-state index in [4.69, 9.17) is 4.74 Å². The van der Waals surface area contributed by atoms with Crippen LogP contribution in [0.1, 0.15) is 29.8 Å². The number of hydrogen-bond donors (Lipinski definition) is 1. The third-order valence-corrected chi connectivity index (χ3v) is 5.45. The zero-order valence-corrected chi connectivity index (χ0v) is 16.2. The molecule has 3 aromatic rings. The number of anilines is 1. The molecule has 3 heterocycles. The Morgan fingerprint density at radius 3 is 2.67 bits per heavy atom. The van der Waals surface area contributed by atoms with Crippen molar-refractivity contribution in [3.8, 4) is 0 Å². The number of ether oxygens (including phenoxy) is 1. The van der Waals surface area contributed by atoms with Crippen LogP contribution in [0, 0.1) is 0 Å². The summed E-state index contributed by atoms with van der Waals surface area (Å²) in [4.78, 5) is 24.2. The lowest BCUT2D eigenvalue weighted by atomic mass is 10.1. The molecule has 0 bridgehead atoms. The van der Waals surface area contributed by atoms with Gasteiger partial charge in [0, 0.05) is 25.2 Å². The first-order valence-electron chi connectivity index (χ1n) is 9.06. The van der Waals surface area contributed by atoms with E-state index in [9.17, 15) is 4.79 Å². The maximum Gasteiger partial charge on any atom is 0.254 e. The van der Waals surface area contributed by atoms with Gasteiger partial charge in [0.05, 0.1) is 17.6 Å². The molecule has 2 aromatic heterocycles. The number of carbonyl (C=O) groups excluding carboxylic acids is 1. The third-order valence-electron chi connectivity index (χ3n) is 4.63. The van der Waals surface area contributed by atoms with Gasteiger partial charge in [0.2, 0.25) is 0 Å². The van der Waals surface area contributed by atoms with E-state index in [2.05, 4.69) is 15.3 Å². The van der Waals surface area contributed by atoms with E-state index < -0.39 is 0 Å². The van der Waals surface area contributed by atoms with Crippen LogP contribution in [0.5, 0.6) is 0 Å². The lowest BCUT2D eigenvalue weighted by Crippen LogP contribution is -2.48. The van der Waals surface area contributed by atoms with Crippen molar-refractivity contribution >= 4 is 33.3 Å². The number of nitrogens with zero attached hydrogens (tertiary/aromatic N) is 3. The molecule has 1 N–H and O–H groups in total. The highest BCUT2D eigenvalue weighted by atomic mass is 32.1. The van der Waals surface area contributed by atoms with E-state index in [1.54, 1.807) is 17.7 Å². The number of nitrogens with one attached hydrogen (secondary N) is 1. The van der Waals surface area contributed by atoms with E-state index in [1.165, 1.54) is 0 Å². The Morgan fingerprint density at radius 1 is 1.19 bits per heavy atom. The van der Waals surface area contributed by atoms with Crippen molar-refractivity contribution < 1.29 is 9.53 Å². The number of aromatic nitrogens is 2. The molecule has 2 unspecified atom stereocenters. The van der Waals surface area contributed by atoms with Crippen LogP contribution in [0.25, 0.3) is 10.2 Å². The zero-order chi connectivity index (χ0) is 18.8. The predicted molar refractivity (Wildman–Crippen MR) is 107 cm³/mol. The summed E-state index contributed by atoms with van der Waals surface area (Å²) in [6, 6.07) is 9.78. The van der Waals surface area contributed by atoms with Gasteiger partial charge in [0.15, 0.2) is 0 Å². The van der Waals surface area contributed by atoms with E-state index in [0.717, 1.165) is 21.6 Å². The van der Waals surface area contributed by atoms with Crippen molar-refractivity contribution in [1.82, 2.24) is 14.9 Å². The number of benzene rings is 1. The first kappa shape index (κ1) is 17.9. The van der Waals surface area contributed by atoms with Crippen molar-refractivity contribution in [2.24, 2.45) is 0 Å². The van der Waals surface area contributed by atoms with Crippen LogP contribution < -0.4 is 5.32 Å². The van der Waals surface area contributed by atoms with E-state index in [0.29, 0.717) is 25.2 Å². The molecule has 0 aliphatic carbocycles. The topological polar surface area (TPSA) is 67.4 Å². The van der Waals surface area contributed by atoms with Crippen LogP contribution in [0.4, 0.5) is 5.82 Å². The Labute approximate surface area is 162 Å². The summed E-state index contributed by atoms with van der Waals surface area (Å²) in [5.74, 6) is 0.894. The van der Waals surface area contributed by atoms with Crippen LogP contribution in [0.15, 0.2) is 42.0 Å². The van der Waals surface area contributed by atoms with Gasteiger partial charge in [-0.25, -0.2) is 9.97 Å². The van der Waals surface area contributed by atoms with Crippen LogP contribution in [-0.2, 0) is 11.3 Å². The summed E-state index contributed by atoms with van der Waals surface area (Å²) in [5.41, 5.74) is 1.81. The summed E-state index contributed by atoms with van der Waals surface area (Å²) in [6.07, 6.45) is 1.72. The first-order chi connectivity index (χ1) is 13.1. The molecule has 0 spiro atoms. The fourth-order valence-corrected chi connectivity index (χ4v) is 4.14. The monoisotopic (exact) mass is 382 g/mol. The largest absolute Gasteiger partial charge is 0.372 e. The van der Waals surface area contributed by atoms with Crippen LogP contribution in [0.3, 0.4) is 0 Å². The number of carbonyl (C=O) groups is 1. The maximum atomic E-state index is 12.7. The molecular weight excluding hydrogens is 360 g/mol. The molecule has 6 nitrogen and oxygen atoms in total. The molecule has 4 rings (SSSR count). The maximum absolute atomic E-state index is 12.7. The number of fused-ring (bicyclic) bond motifs is 1. The molecule has 140 valence electrons. The third kappa shape index (κ3) is 3.94. The van der Waals surface area contributed by atoms with Crippen LogP contribution >= 0.6 is 11.3 Å². The van der Waals surface area contributed by atoms with Gasteiger partial charge in [0.25, 0.3) is 5.91 Å². The van der Waals surface area contributed by atoms with Gasteiger partial charge in [-0.2, -0.15) is 0 Å². The molecule has 1 fully saturated rings. The Balaban J connectivity index is 1.41. The van der Waals surface area contributed by atoms with E-state index in [-0.39, 0.29) is 18.1 Å². The summed E-state index contributed by atoms with van der Waals surface area (Å²) < 4.78 is 5.71. The van der Waals surface area contributed by atoms with Crippen LogP contribution in [0.2, 0.25) is 0 Å². The fourth-order valence-electron chi connectivity index (χ4n) is 3.41. The zero-order valence-electron chi connectivity index (χ0n) is 15.4. The van der Waals surface area contributed by atoms with Crippen molar-refractivity contribution in [3.63, 3.8) is 0 Å². The van der Waals surface area contributed by atoms with Gasteiger partial charge in [-0.1, -0.05) is 12.1 Å². The average molecular weight is 382 g/mol. The summed E-state index contributed by atoms with van der Waals surface area (Å²) in [6.45, 7) is 5.92. The predicted octanol–water partition coefficient (Wildman–Crippen LogP) is 3.55. The first-order valence-corrected chi connectivity index (χ1v) is 9.94. The lowest BCUT2D eigenvalue weighted by Gasteiger charge is -2.35. The summed E-state index contributed by atoms with van der Waals surface area (Å²) >= 11 is 1.60. The minimum absolute atomic E-state index is 0.0623. The van der Waals surface area contributed by atoms with Gasteiger partial charge >= 0.3 is 0 Å². The smallest absolute Gasteiger partial charge is 0.254 e. The second-order valence-electron chi connectivity index (χ2n) is 6.88. The molecule has 1 saturated heterocycles. The minimum Gasteiger partial charge on any atom is -0.372 e. The van der Waals surface area contributed by atoms with Crippen molar-refractivity contribution in [1.29, 1.82) is 0 Å². The number of rotatable bonds is 4. The van der Waals surface area contributed by atoms with E-state index >= 15 is 0 Å². The highest BCUT2D eigenvalue weighted by Gasteiger charge is 2.26. The second kappa shape index (κ2) is 7.62. The number of morpholine rings is 1. The highest BCUT2D eigenvalue weighted by Crippen LogP contribution is 2.24. The molecule has 2 atom stereocenters. The Kier molecular flexibility index (Phi) is 5.05. The molecule has 1 amide bonds. The summed E-state index contributed by atoms with van der Waals surface area (Å²) in [5, 5.41) is 6.40. The Morgan fingerprint density at radius 2 is 1.93 bits per heavy atom. The lowest BCUT2D eigenvalue weighted by molar-refractivity contribution is -0.0586. The molecule has 0 saturated carbocycles. The fraction of sp³-hybridized carbons (Fsp3) is 0.350. The second-order valence-corrected chi connectivity index (χ2v) is 7.77. The quantitative estimate of drug-likeness (QED) is 0.747. The molecule has 27 heavy (non-hydrogen) atoms. The normalized spacial score (nSPS) is 20.0. The standard InChI is InChI=1S/C20H22N4O2S/c1-13-10-24(11-14(2)26-13)20(25)16-5-3-15(4-6-16)9-21-18-17-7-8-27-19(17)23-12-22-18/h3-8,12-14H,9-11H2,1-2H3,(H,21,22,23). The molecule has 0 radical (unpaired) electrons. The molecule has 7 heteroatoms. The van der Waals surface area contributed by atoms with Gasteiger partial charge in [-0.05, 0) is 43.0 Å². The highest BCUT2D eigenvalue weighted by molar-refractivity contribution is 7.16. The van der Waals surface area contributed by atoms with Crippen molar-refractivity contribution in [2.45, 2.75) is 32.6 Å². The van der Waals surface area contributed by atoms with Crippen molar-refractivity contribution in [2.75, 3.05) is 18.4 Å². The molecule has 1 aromatic carbocycles. The molecular formula is C20H22N4O2S. The molecule has 1 aliphatic rings. The Bertz CT molecular complexity index is 931. The number of thiophene rings is 1. The SMILES string of the molecule is CC1CN(C(=O)c2ccc(CNc3ncnc4sccc34)cc2)CC(C)O1. The average Bonchev–Trinajstić information content (AvgIpc) is 3.15. The van der Waals surface area contributed by atoms with Crippen molar-refractivity contribution in [3.05, 3.63) is 53.2 Å². The van der Waals surface area contributed by atoms with Gasteiger partial charge in [0.1, 0.15) is 17.0 Å². The van der Waals surface area contributed by atoms with Crippen LogP contribution in [-0.4, -0.2) is 46.1 Å².